The molecule has 1 fully saturated rings. The Bertz CT molecular complexity index is 886. The number of rotatable bonds is 4. The van der Waals surface area contributed by atoms with Gasteiger partial charge >= 0.3 is 0 Å². The predicted molar refractivity (Wildman–Crippen MR) is 119 cm³/mol. The molecule has 0 saturated carbocycles. The maximum absolute atomic E-state index is 12.7. The van der Waals surface area contributed by atoms with E-state index in [1.54, 1.807) is 0 Å². The smallest absolute Gasteiger partial charge is 0.261 e. The summed E-state index contributed by atoms with van der Waals surface area (Å²) in [6.45, 7) is 2.02. The molecular formula is C20H21Cl2N3O2S. The number of benzene rings is 2. The van der Waals surface area contributed by atoms with Gasteiger partial charge in [-0.15, -0.1) is 0 Å². The first kappa shape index (κ1) is 20.7. The van der Waals surface area contributed by atoms with Crippen molar-refractivity contribution in [3.05, 3.63) is 52.0 Å². The number of piperidine rings is 1. The molecule has 2 aromatic carbocycles. The first-order valence-electron chi connectivity index (χ1n) is 8.99. The number of para-hydroxylation sites is 2. The van der Waals surface area contributed by atoms with Crippen LogP contribution in [-0.4, -0.2) is 31.2 Å². The van der Waals surface area contributed by atoms with Gasteiger partial charge in [0.25, 0.3) is 5.91 Å². The van der Waals surface area contributed by atoms with Crippen LogP contribution in [-0.2, 0) is 0 Å². The van der Waals surface area contributed by atoms with Crippen molar-refractivity contribution in [2.75, 3.05) is 30.4 Å². The lowest BCUT2D eigenvalue weighted by Gasteiger charge is -2.30. The number of hydrogen-bond donors (Lipinski definition) is 2. The largest absolute Gasteiger partial charge is 0.494 e. The van der Waals surface area contributed by atoms with Crippen LogP contribution >= 0.6 is 35.4 Å². The maximum atomic E-state index is 12.7. The minimum Gasteiger partial charge on any atom is -0.494 e. The van der Waals surface area contributed by atoms with Crippen molar-refractivity contribution in [1.29, 1.82) is 0 Å². The van der Waals surface area contributed by atoms with E-state index in [1.807, 2.05) is 18.2 Å². The van der Waals surface area contributed by atoms with Crippen molar-refractivity contribution in [3.63, 3.8) is 0 Å². The molecule has 3 rings (SSSR count). The number of halogens is 2. The fraction of sp³-hybridized carbons (Fsp3) is 0.300. The molecule has 0 atom stereocenters. The van der Waals surface area contributed by atoms with E-state index in [1.165, 1.54) is 38.5 Å². The van der Waals surface area contributed by atoms with Gasteiger partial charge in [-0.1, -0.05) is 35.3 Å². The standard InChI is InChI=1S/C20H21Cl2N3O2S/c1-27-18-14(11-13(21)12-15(18)22)19(26)24-20(28)23-16-7-3-4-8-17(16)25-9-5-2-6-10-25/h3-4,7-8,11-12H,2,5-6,9-10H2,1H3,(H2,23,24,26,28). The van der Waals surface area contributed by atoms with Gasteiger partial charge in [0.05, 0.1) is 29.1 Å². The van der Waals surface area contributed by atoms with Gasteiger partial charge in [-0.3, -0.25) is 10.1 Å². The summed E-state index contributed by atoms with van der Waals surface area (Å²) in [6, 6.07) is 10.9. The minimum absolute atomic E-state index is 0.188. The van der Waals surface area contributed by atoms with Crippen LogP contribution in [0.1, 0.15) is 29.6 Å². The monoisotopic (exact) mass is 437 g/mol. The third-order valence-electron chi connectivity index (χ3n) is 4.53. The molecular weight excluding hydrogens is 417 g/mol. The Labute approximate surface area is 180 Å². The minimum atomic E-state index is -0.450. The predicted octanol–water partition coefficient (Wildman–Crippen LogP) is 5.12. The van der Waals surface area contributed by atoms with Crippen molar-refractivity contribution in [3.8, 4) is 5.75 Å². The molecule has 1 aliphatic heterocycles. The number of nitrogens with one attached hydrogen (secondary N) is 2. The quantitative estimate of drug-likeness (QED) is 0.650. The molecule has 2 aromatic rings. The zero-order valence-electron chi connectivity index (χ0n) is 15.4. The summed E-state index contributed by atoms with van der Waals surface area (Å²) >= 11 is 17.5. The van der Waals surface area contributed by atoms with E-state index in [-0.39, 0.29) is 21.4 Å². The lowest BCUT2D eigenvalue weighted by Crippen LogP contribution is -2.35. The van der Waals surface area contributed by atoms with Crippen LogP contribution < -0.4 is 20.3 Å². The maximum Gasteiger partial charge on any atom is 0.261 e. The summed E-state index contributed by atoms with van der Waals surface area (Å²) in [7, 11) is 1.44. The van der Waals surface area contributed by atoms with Crippen molar-refractivity contribution in [2.45, 2.75) is 19.3 Å². The van der Waals surface area contributed by atoms with Gasteiger partial charge in [-0.05, 0) is 55.7 Å². The summed E-state index contributed by atoms with van der Waals surface area (Å²) in [5, 5.41) is 6.58. The van der Waals surface area contributed by atoms with E-state index in [0.29, 0.717) is 5.02 Å². The highest BCUT2D eigenvalue weighted by Crippen LogP contribution is 2.32. The van der Waals surface area contributed by atoms with Crippen LogP contribution in [0.5, 0.6) is 5.75 Å². The molecule has 0 aliphatic carbocycles. The summed E-state index contributed by atoms with van der Waals surface area (Å²) in [4.78, 5) is 15.0. The molecule has 0 unspecified atom stereocenters. The number of thiocarbonyl (C=S) groups is 1. The van der Waals surface area contributed by atoms with Gasteiger partial charge in [0, 0.05) is 18.1 Å². The van der Waals surface area contributed by atoms with Crippen LogP contribution in [0.2, 0.25) is 10.0 Å². The van der Waals surface area contributed by atoms with Gasteiger partial charge < -0.3 is 15.0 Å². The average molecular weight is 438 g/mol. The van der Waals surface area contributed by atoms with Crippen LogP contribution in [0.4, 0.5) is 11.4 Å². The molecule has 0 aromatic heterocycles. The highest BCUT2D eigenvalue weighted by atomic mass is 35.5. The van der Waals surface area contributed by atoms with Crippen LogP contribution in [0.3, 0.4) is 0 Å². The third-order valence-corrected chi connectivity index (χ3v) is 5.24. The molecule has 8 heteroatoms. The van der Waals surface area contributed by atoms with Crippen LogP contribution in [0.15, 0.2) is 36.4 Å². The van der Waals surface area contributed by atoms with Crippen LogP contribution in [0, 0.1) is 0 Å². The Morgan fingerprint density at radius 2 is 1.86 bits per heavy atom. The van der Waals surface area contributed by atoms with E-state index in [2.05, 4.69) is 21.6 Å². The molecule has 1 heterocycles. The summed E-state index contributed by atoms with van der Waals surface area (Å²) in [5.41, 5.74) is 2.14. The number of anilines is 2. The summed E-state index contributed by atoms with van der Waals surface area (Å²) < 4.78 is 5.23. The number of methoxy groups -OCH3 is 1. The molecule has 0 spiro atoms. The zero-order valence-corrected chi connectivity index (χ0v) is 17.8. The SMILES string of the molecule is COc1c(Cl)cc(Cl)cc1C(=O)NC(=S)Nc1ccccc1N1CCCCC1. The second-order valence-corrected chi connectivity index (χ2v) is 7.69. The van der Waals surface area contributed by atoms with Crippen molar-refractivity contribution >= 4 is 57.8 Å². The van der Waals surface area contributed by atoms with Gasteiger partial charge in [0.1, 0.15) is 5.75 Å². The molecule has 1 saturated heterocycles. The Morgan fingerprint density at radius 3 is 2.57 bits per heavy atom. The fourth-order valence-corrected chi connectivity index (χ4v) is 4.02. The number of ether oxygens (including phenoxy) is 1. The van der Waals surface area contributed by atoms with Crippen molar-refractivity contribution in [1.82, 2.24) is 5.32 Å². The molecule has 1 amide bonds. The summed E-state index contributed by atoms with van der Waals surface area (Å²) in [5.74, 6) is -0.200. The molecule has 1 aliphatic rings. The lowest BCUT2D eigenvalue weighted by atomic mass is 10.1. The molecule has 0 radical (unpaired) electrons. The van der Waals surface area contributed by atoms with E-state index < -0.39 is 5.91 Å². The molecule has 5 nitrogen and oxygen atoms in total. The zero-order chi connectivity index (χ0) is 20.1. The Balaban J connectivity index is 1.74. The second-order valence-electron chi connectivity index (χ2n) is 6.44. The van der Waals surface area contributed by atoms with Gasteiger partial charge in [0.2, 0.25) is 0 Å². The highest BCUT2D eigenvalue weighted by molar-refractivity contribution is 7.80. The van der Waals surface area contributed by atoms with Crippen molar-refractivity contribution < 1.29 is 9.53 Å². The van der Waals surface area contributed by atoms with Gasteiger partial charge in [-0.25, -0.2) is 0 Å². The Kier molecular flexibility index (Phi) is 6.99. The summed E-state index contributed by atoms with van der Waals surface area (Å²) in [6.07, 6.45) is 3.60. The van der Waals surface area contributed by atoms with E-state index in [0.717, 1.165) is 24.5 Å². The number of carbonyl (C=O) groups excluding carboxylic acids is 1. The van der Waals surface area contributed by atoms with E-state index in [9.17, 15) is 4.79 Å². The van der Waals surface area contributed by atoms with E-state index >= 15 is 0 Å². The normalized spacial score (nSPS) is 13.8. The van der Waals surface area contributed by atoms with Crippen LogP contribution in [0.25, 0.3) is 0 Å². The Hall–Kier alpha value is -2.02. The number of nitrogens with zero attached hydrogens (tertiary/aromatic N) is 1. The molecule has 148 valence electrons. The van der Waals surface area contributed by atoms with Gasteiger partial charge in [0.15, 0.2) is 5.11 Å². The van der Waals surface area contributed by atoms with Crippen molar-refractivity contribution in [2.24, 2.45) is 0 Å². The second kappa shape index (κ2) is 9.45. The third kappa shape index (κ3) is 4.87. The molecule has 2 N–H and O–H groups in total. The van der Waals surface area contributed by atoms with E-state index in [4.69, 9.17) is 40.2 Å². The number of hydrogen-bond acceptors (Lipinski definition) is 4. The molecule has 0 bridgehead atoms. The first-order chi connectivity index (χ1) is 13.5. The Morgan fingerprint density at radius 1 is 1.14 bits per heavy atom. The fourth-order valence-electron chi connectivity index (χ4n) is 3.25. The molecule has 28 heavy (non-hydrogen) atoms. The topological polar surface area (TPSA) is 53.6 Å². The average Bonchev–Trinajstić information content (AvgIpc) is 2.68. The number of carbonyl (C=O) groups is 1. The number of amides is 1. The lowest BCUT2D eigenvalue weighted by molar-refractivity contribution is 0.0975. The highest BCUT2D eigenvalue weighted by Gasteiger charge is 2.19. The first-order valence-corrected chi connectivity index (χ1v) is 10.2. The van der Waals surface area contributed by atoms with Gasteiger partial charge in [-0.2, -0.15) is 0 Å².